The van der Waals surface area contributed by atoms with E-state index in [9.17, 15) is 8.42 Å². The van der Waals surface area contributed by atoms with Crippen LogP contribution in [0.15, 0.2) is 11.2 Å². The first-order valence-electron chi connectivity index (χ1n) is 5.63. The van der Waals surface area contributed by atoms with Crippen molar-refractivity contribution in [3.63, 3.8) is 0 Å². The average Bonchev–Trinajstić information content (AvgIpc) is 2.82. The summed E-state index contributed by atoms with van der Waals surface area (Å²) < 4.78 is 26.7. The smallest absolute Gasteiger partial charge is 0.257 e. The third kappa shape index (κ3) is 2.85. The van der Waals surface area contributed by atoms with Gasteiger partial charge in [-0.1, -0.05) is 6.92 Å². The molecule has 0 spiro atoms. The SMILES string of the molecule is CNCc1cn[nH]c1S(=O)(=O)NCC1(C)CC1. The van der Waals surface area contributed by atoms with Gasteiger partial charge in [0.25, 0.3) is 10.0 Å². The lowest BCUT2D eigenvalue weighted by molar-refractivity contribution is 0.527. The largest absolute Gasteiger partial charge is 0.316 e. The molecular formula is C10H18N4O2S. The molecule has 2 rings (SSSR count). The minimum atomic E-state index is -3.47. The second-order valence-corrected chi connectivity index (χ2v) is 6.59. The molecule has 1 aromatic heterocycles. The summed E-state index contributed by atoms with van der Waals surface area (Å²) in [6.07, 6.45) is 3.70. The van der Waals surface area contributed by atoms with E-state index in [1.807, 2.05) is 0 Å². The van der Waals surface area contributed by atoms with Gasteiger partial charge in [-0.05, 0) is 25.3 Å². The molecule has 96 valence electrons. The number of rotatable bonds is 6. The highest BCUT2D eigenvalue weighted by Crippen LogP contribution is 2.44. The number of hydrogen-bond acceptors (Lipinski definition) is 4. The summed E-state index contributed by atoms with van der Waals surface area (Å²) in [6, 6.07) is 0. The first kappa shape index (κ1) is 12.5. The minimum Gasteiger partial charge on any atom is -0.316 e. The molecule has 0 radical (unpaired) electrons. The van der Waals surface area contributed by atoms with Crippen LogP contribution in [0.5, 0.6) is 0 Å². The van der Waals surface area contributed by atoms with Crippen molar-refractivity contribution in [2.75, 3.05) is 13.6 Å². The molecule has 1 aliphatic carbocycles. The van der Waals surface area contributed by atoms with Crippen LogP contribution in [-0.2, 0) is 16.6 Å². The van der Waals surface area contributed by atoms with Gasteiger partial charge in [-0.15, -0.1) is 0 Å². The maximum absolute atomic E-state index is 12.1. The van der Waals surface area contributed by atoms with Crippen LogP contribution < -0.4 is 10.0 Å². The Balaban J connectivity index is 2.10. The fraction of sp³-hybridized carbons (Fsp3) is 0.700. The van der Waals surface area contributed by atoms with Crippen molar-refractivity contribution in [1.29, 1.82) is 0 Å². The number of aromatic nitrogens is 2. The van der Waals surface area contributed by atoms with Crippen molar-refractivity contribution in [1.82, 2.24) is 20.2 Å². The molecule has 0 aromatic carbocycles. The Hall–Kier alpha value is -0.920. The van der Waals surface area contributed by atoms with E-state index in [1.165, 1.54) is 6.20 Å². The molecule has 6 nitrogen and oxygen atoms in total. The summed E-state index contributed by atoms with van der Waals surface area (Å²) in [5.74, 6) is 0. The zero-order valence-electron chi connectivity index (χ0n) is 10.1. The Morgan fingerprint density at radius 1 is 1.53 bits per heavy atom. The Labute approximate surface area is 101 Å². The molecule has 17 heavy (non-hydrogen) atoms. The summed E-state index contributed by atoms with van der Waals surface area (Å²) in [5.41, 5.74) is 0.803. The van der Waals surface area contributed by atoms with Gasteiger partial charge in [0.15, 0.2) is 5.03 Å². The molecule has 0 amide bonds. The van der Waals surface area contributed by atoms with E-state index >= 15 is 0 Å². The van der Waals surface area contributed by atoms with Crippen LogP contribution in [0, 0.1) is 5.41 Å². The van der Waals surface area contributed by atoms with Crippen LogP contribution >= 0.6 is 0 Å². The first-order chi connectivity index (χ1) is 7.97. The maximum Gasteiger partial charge on any atom is 0.257 e. The van der Waals surface area contributed by atoms with E-state index in [1.54, 1.807) is 7.05 Å². The third-order valence-electron chi connectivity index (χ3n) is 3.11. The summed E-state index contributed by atoms with van der Waals surface area (Å²) in [6.45, 7) is 3.05. The topological polar surface area (TPSA) is 86.9 Å². The lowest BCUT2D eigenvalue weighted by Crippen LogP contribution is -2.30. The Morgan fingerprint density at radius 3 is 2.82 bits per heavy atom. The molecule has 1 aliphatic rings. The van der Waals surface area contributed by atoms with E-state index in [0.29, 0.717) is 18.7 Å². The standard InChI is InChI=1S/C10H18N4O2S/c1-10(3-4-10)7-13-17(15,16)9-8(5-11-2)6-12-14-9/h6,11,13H,3-5,7H2,1-2H3,(H,12,14). The minimum absolute atomic E-state index is 0.149. The number of sulfonamides is 1. The van der Waals surface area contributed by atoms with Gasteiger partial charge in [-0.2, -0.15) is 5.10 Å². The van der Waals surface area contributed by atoms with E-state index in [4.69, 9.17) is 0 Å². The van der Waals surface area contributed by atoms with Crippen molar-refractivity contribution in [2.45, 2.75) is 31.3 Å². The van der Waals surface area contributed by atoms with Gasteiger partial charge in [0.2, 0.25) is 0 Å². The Morgan fingerprint density at radius 2 is 2.24 bits per heavy atom. The third-order valence-corrected chi connectivity index (χ3v) is 4.52. The zero-order valence-corrected chi connectivity index (χ0v) is 10.9. The highest BCUT2D eigenvalue weighted by molar-refractivity contribution is 7.89. The number of H-pyrrole nitrogens is 1. The van der Waals surface area contributed by atoms with Crippen LogP contribution in [0.3, 0.4) is 0 Å². The second kappa shape index (κ2) is 4.40. The summed E-state index contributed by atoms with van der Waals surface area (Å²) in [5, 5.41) is 9.41. The maximum atomic E-state index is 12.1. The van der Waals surface area contributed by atoms with E-state index in [2.05, 4.69) is 27.2 Å². The number of nitrogens with one attached hydrogen (secondary N) is 3. The van der Waals surface area contributed by atoms with Gasteiger partial charge in [-0.3, -0.25) is 5.10 Å². The lowest BCUT2D eigenvalue weighted by Gasteiger charge is -2.10. The van der Waals surface area contributed by atoms with Crippen molar-refractivity contribution in [3.05, 3.63) is 11.8 Å². The van der Waals surface area contributed by atoms with Gasteiger partial charge >= 0.3 is 0 Å². The van der Waals surface area contributed by atoms with E-state index < -0.39 is 10.0 Å². The molecule has 1 fully saturated rings. The van der Waals surface area contributed by atoms with Crippen LogP contribution in [0.2, 0.25) is 0 Å². The van der Waals surface area contributed by atoms with Crippen molar-refractivity contribution in [2.24, 2.45) is 5.41 Å². The average molecular weight is 258 g/mol. The number of hydrogen-bond donors (Lipinski definition) is 3. The highest BCUT2D eigenvalue weighted by atomic mass is 32.2. The number of aromatic amines is 1. The molecule has 0 aliphatic heterocycles. The quantitative estimate of drug-likeness (QED) is 0.680. The van der Waals surface area contributed by atoms with Gasteiger partial charge in [0.1, 0.15) is 0 Å². The molecule has 1 heterocycles. The molecule has 3 N–H and O–H groups in total. The monoisotopic (exact) mass is 258 g/mol. The predicted molar refractivity (Wildman–Crippen MR) is 63.9 cm³/mol. The number of nitrogens with zero attached hydrogens (tertiary/aromatic N) is 1. The van der Waals surface area contributed by atoms with Gasteiger partial charge in [0, 0.05) is 18.7 Å². The molecule has 1 aromatic rings. The lowest BCUT2D eigenvalue weighted by atomic mass is 10.2. The van der Waals surface area contributed by atoms with Gasteiger partial charge < -0.3 is 5.32 Å². The second-order valence-electron chi connectivity index (χ2n) is 4.89. The first-order valence-corrected chi connectivity index (χ1v) is 7.12. The van der Waals surface area contributed by atoms with Crippen LogP contribution in [0.1, 0.15) is 25.3 Å². The van der Waals surface area contributed by atoms with E-state index in [0.717, 1.165) is 12.8 Å². The highest BCUT2D eigenvalue weighted by Gasteiger charge is 2.38. The Bertz CT molecular complexity index is 490. The van der Waals surface area contributed by atoms with Crippen LogP contribution in [0.25, 0.3) is 0 Å². The molecule has 0 unspecified atom stereocenters. The van der Waals surface area contributed by atoms with Crippen molar-refractivity contribution in [3.8, 4) is 0 Å². The summed E-state index contributed by atoms with van der Waals surface area (Å²) in [7, 11) is -1.71. The zero-order chi connectivity index (χ0) is 12.5. The normalized spacial score (nSPS) is 18.2. The predicted octanol–water partition coefficient (Wildman–Crippen LogP) is 0.208. The van der Waals surface area contributed by atoms with Crippen LogP contribution in [0.4, 0.5) is 0 Å². The van der Waals surface area contributed by atoms with Gasteiger partial charge in [-0.25, -0.2) is 13.1 Å². The summed E-state index contributed by atoms with van der Waals surface area (Å²) >= 11 is 0. The fourth-order valence-corrected chi connectivity index (χ4v) is 2.91. The summed E-state index contributed by atoms with van der Waals surface area (Å²) in [4.78, 5) is 0. The molecule has 0 bridgehead atoms. The van der Waals surface area contributed by atoms with E-state index in [-0.39, 0.29) is 10.4 Å². The molecule has 1 saturated carbocycles. The fourth-order valence-electron chi connectivity index (χ4n) is 1.58. The molecular weight excluding hydrogens is 240 g/mol. The molecule has 0 saturated heterocycles. The Kier molecular flexibility index (Phi) is 3.24. The van der Waals surface area contributed by atoms with Crippen molar-refractivity contribution >= 4 is 10.0 Å². The van der Waals surface area contributed by atoms with Crippen LogP contribution in [-0.4, -0.2) is 32.2 Å². The van der Waals surface area contributed by atoms with Gasteiger partial charge in [0.05, 0.1) is 6.20 Å². The van der Waals surface area contributed by atoms with Crippen molar-refractivity contribution < 1.29 is 8.42 Å². The molecule has 7 heteroatoms. The molecule has 0 atom stereocenters.